The van der Waals surface area contributed by atoms with E-state index in [2.05, 4.69) is 29.1 Å². The number of aromatic nitrogens is 2. The zero-order chi connectivity index (χ0) is 11.3. The minimum absolute atomic E-state index is 0.202. The van der Waals surface area contributed by atoms with Gasteiger partial charge in [0.25, 0.3) is 0 Å². The molecular weight excluding hydrogens is 188 g/mol. The molecule has 0 fully saturated rings. The molecule has 1 rings (SSSR count). The van der Waals surface area contributed by atoms with Crippen LogP contribution in [0.3, 0.4) is 0 Å². The fourth-order valence-corrected chi connectivity index (χ4v) is 1.36. The van der Waals surface area contributed by atoms with Gasteiger partial charge in [0, 0.05) is 18.3 Å². The van der Waals surface area contributed by atoms with Crippen LogP contribution in [0.5, 0.6) is 0 Å². The highest BCUT2D eigenvalue weighted by atomic mass is 15.0. The maximum atomic E-state index is 5.55. The lowest BCUT2D eigenvalue weighted by molar-refractivity contribution is 0.365. The number of nitrogens with one attached hydrogen (secondary N) is 1. The second kappa shape index (κ2) is 5.07. The van der Waals surface area contributed by atoms with Crippen molar-refractivity contribution in [2.24, 2.45) is 11.1 Å². The number of rotatable bonds is 5. The van der Waals surface area contributed by atoms with Crippen molar-refractivity contribution >= 4 is 5.82 Å². The number of nitrogens with two attached hydrogens (primary N) is 1. The molecule has 0 spiro atoms. The molecule has 0 saturated carbocycles. The van der Waals surface area contributed by atoms with Gasteiger partial charge in [0.1, 0.15) is 12.1 Å². The first-order valence-electron chi connectivity index (χ1n) is 5.26. The molecule has 0 aliphatic carbocycles. The van der Waals surface area contributed by atoms with Crippen molar-refractivity contribution in [2.45, 2.75) is 27.2 Å². The third-order valence-corrected chi connectivity index (χ3v) is 2.37. The molecule has 4 nitrogen and oxygen atoms in total. The van der Waals surface area contributed by atoms with E-state index >= 15 is 0 Å². The molecule has 15 heavy (non-hydrogen) atoms. The van der Waals surface area contributed by atoms with Crippen molar-refractivity contribution in [3.63, 3.8) is 0 Å². The topological polar surface area (TPSA) is 63.8 Å². The van der Waals surface area contributed by atoms with Gasteiger partial charge in [0.15, 0.2) is 0 Å². The summed E-state index contributed by atoms with van der Waals surface area (Å²) in [6.07, 6.45) is 2.58. The van der Waals surface area contributed by atoms with Gasteiger partial charge in [-0.15, -0.1) is 0 Å². The van der Waals surface area contributed by atoms with Crippen LogP contribution in [0, 0.1) is 12.3 Å². The number of hydrogen-bond acceptors (Lipinski definition) is 4. The third kappa shape index (κ3) is 4.25. The van der Waals surface area contributed by atoms with E-state index in [1.807, 2.05) is 13.0 Å². The normalized spacial score (nSPS) is 11.5. The van der Waals surface area contributed by atoms with Gasteiger partial charge in [-0.25, -0.2) is 9.97 Å². The highest BCUT2D eigenvalue weighted by Crippen LogP contribution is 2.19. The minimum Gasteiger partial charge on any atom is -0.369 e. The fraction of sp³-hybridized carbons (Fsp3) is 0.636. The summed E-state index contributed by atoms with van der Waals surface area (Å²) in [4.78, 5) is 8.20. The number of anilines is 1. The van der Waals surface area contributed by atoms with E-state index in [9.17, 15) is 0 Å². The summed E-state index contributed by atoms with van der Waals surface area (Å²) in [5.74, 6) is 0.882. The molecule has 84 valence electrons. The predicted molar refractivity (Wildman–Crippen MR) is 62.7 cm³/mol. The van der Waals surface area contributed by atoms with Crippen LogP contribution in [-0.4, -0.2) is 23.1 Å². The van der Waals surface area contributed by atoms with E-state index in [-0.39, 0.29) is 5.41 Å². The Morgan fingerprint density at radius 1 is 1.40 bits per heavy atom. The van der Waals surface area contributed by atoms with Crippen LogP contribution >= 0.6 is 0 Å². The van der Waals surface area contributed by atoms with E-state index in [1.165, 1.54) is 0 Å². The lowest BCUT2D eigenvalue weighted by Gasteiger charge is -2.24. The Morgan fingerprint density at radius 3 is 2.73 bits per heavy atom. The molecule has 1 aromatic heterocycles. The van der Waals surface area contributed by atoms with Crippen LogP contribution in [0.4, 0.5) is 5.82 Å². The molecule has 0 aliphatic rings. The molecule has 0 bridgehead atoms. The molecule has 4 heteroatoms. The SMILES string of the molecule is Cc1cc(NCC(C)(C)CCN)ncn1. The van der Waals surface area contributed by atoms with Crippen molar-refractivity contribution < 1.29 is 0 Å². The van der Waals surface area contributed by atoms with Crippen LogP contribution in [0.2, 0.25) is 0 Å². The van der Waals surface area contributed by atoms with Gasteiger partial charge < -0.3 is 11.1 Å². The van der Waals surface area contributed by atoms with E-state index in [4.69, 9.17) is 5.73 Å². The first kappa shape index (κ1) is 11.9. The first-order chi connectivity index (χ1) is 7.03. The second-order valence-corrected chi connectivity index (χ2v) is 4.60. The van der Waals surface area contributed by atoms with E-state index in [1.54, 1.807) is 6.33 Å². The lowest BCUT2D eigenvalue weighted by Crippen LogP contribution is -2.26. The molecule has 0 amide bonds. The largest absolute Gasteiger partial charge is 0.369 e. The highest BCUT2D eigenvalue weighted by molar-refractivity contribution is 5.34. The van der Waals surface area contributed by atoms with Gasteiger partial charge in [0.2, 0.25) is 0 Å². The van der Waals surface area contributed by atoms with Crippen LogP contribution in [-0.2, 0) is 0 Å². The predicted octanol–water partition coefficient (Wildman–Crippen LogP) is 1.57. The molecule has 0 atom stereocenters. The van der Waals surface area contributed by atoms with Gasteiger partial charge in [-0.05, 0) is 25.3 Å². The van der Waals surface area contributed by atoms with E-state index in [0.29, 0.717) is 0 Å². The van der Waals surface area contributed by atoms with Crippen LogP contribution in [0.25, 0.3) is 0 Å². The van der Waals surface area contributed by atoms with Gasteiger partial charge in [-0.2, -0.15) is 0 Å². The average molecular weight is 208 g/mol. The Labute approximate surface area is 91.3 Å². The van der Waals surface area contributed by atoms with Crippen LogP contribution in [0.15, 0.2) is 12.4 Å². The second-order valence-electron chi connectivity index (χ2n) is 4.60. The monoisotopic (exact) mass is 208 g/mol. The first-order valence-corrected chi connectivity index (χ1v) is 5.26. The maximum absolute atomic E-state index is 5.55. The Morgan fingerprint density at radius 2 is 2.13 bits per heavy atom. The van der Waals surface area contributed by atoms with Crippen molar-refractivity contribution in [3.8, 4) is 0 Å². The molecule has 0 saturated heterocycles. The number of aryl methyl sites for hydroxylation is 1. The quantitative estimate of drug-likeness (QED) is 0.771. The molecule has 1 heterocycles. The van der Waals surface area contributed by atoms with Crippen molar-refractivity contribution in [2.75, 3.05) is 18.4 Å². The van der Waals surface area contributed by atoms with E-state index < -0.39 is 0 Å². The fourth-order valence-electron chi connectivity index (χ4n) is 1.36. The smallest absolute Gasteiger partial charge is 0.129 e. The summed E-state index contributed by atoms with van der Waals surface area (Å²) in [5.41, 5.74) is 6.73. The summed E-state index contributed by atoms with van der Waals surface area (Å²) in [6, 6.07) is 1.94. The molecule has 0 unspecified atom stereocenters. The minimum atomic E-state index is 0.202. The van der Waals surface area contributed by atoms with Gasteiger partial charge in [0.05, 0.1) is 0 Å². The zero-order valence-electron chi connectivity index (χ0n) is 9.75. The maximum Gasteiger partial charge on any atom is 0.129 e. The molecule has 0 aliphatic heterocycles. The molecule has 0 radical (unpaired) electrons. The molecule has 0 aromatic carbocycles. The molecule has 1 aromatic rings. The van der Waals surface area contributed by atoms with Gasteiger partial charge in [-0.1, -0.05) is 13.8 Å². The van der Waals surface area contributed by atoms with Gasteiger partial charge in [-0.3, -0.25) is 0 Å². The standard InChI is InChI=1S/C11H20N4/c1-9-6-10(15-8-14-9)13-7-11(2,3)4-5-12/h6,8H,4-5,7,12H2,1-3H3,(H,13,14,15). The third-order valence-electron chi connectivity index (χ3n) is 2.37. The average Bonchev–Trinajstić information content (AvgIpc) is 2.15. The number of hydrogen-bond donors (Lipinski definition) is 2. The Hall–Kier alpha value is -1.16. The Bertz CT molecular complexity index is 309. The summed E-state index contributed by atoms with van der Waals surface area (Å²) < 4.78 is 0. The van der Waals surface area contributed by atoms with Gasteiger partial charge >= 0.3 is 0 Å². The van der Waals surface area contributed by atoms with Crippen molar-refractivity contribution in [3.05, 3.63) is 18.1 Å². The summed E-state index contributed by atoms with van der Waals surface area (Å²) in [6.45, 7) is 7.94. The Kier molecular flexibility index (Phi) is 4.03. The summed E-state index contributed by atoms with van der Waals surface area (Å²) in [7, 11) is 0. The van der Waals surface area contributed by atoms with Crippen LogP contribution < -0.4 is 11.1 Å². The zero-order valence-corrected chi connectivity index (χ0v) is 9.75. The summed E-state index contributed by atoms with van der Waals surface area (Å²) >= 11 is 0. The van der Waals surface area contributed by atoms with Crippen molar-refractivity contribution in [1.82, 2.24) is 9.97 Å². The van der Waals surface area contributed by atoms with E-state index in [0.717, 1.165) is 31.0 Å². The van der Waals surface area contributed by atoms with Crippen molar-refractivity contribution in [1.29, 1.82) is 0 Å². The van der Waals surface area contributed by atoms with Crippen LogP contribution in [0.1, 0.15) is 26.0 Å². The highest BCUT2D eigenvalue weighted by Gasteiger charge is 2.16. The number of nitrogens with zero attached hydrogens (tertiary/aromatic N) is 2. The lowest BCUT2D eigenvalue weighted by atomic mass is 9.89. The molecule has 3 N–H and O–H groups in total. The summed E-state index contributed by atoms with van der Waals surface area (Å²) in [5, 5.41) is 3.30. The molecular formula is C11H20N4. The Balaban J connectivity index is 2.49.